The van der Waals surface area contributed by atoms with Crippen LogP contribution in [-0.4, -0.2) is 33.4 Å². The molecule has 28 heavy (non-hydrogen) atoms. The van der Waals surface area contributed by atoms with Crippen molar-refractivity contribution in [2.24, 2.45) is 0 Å². The number of methoxy groups -OCH3 is 1. The van der Waals surface area contributed by atoms with Crippen molar-refractivity contribution in [2.75, 3.05) is 12.9 Å². The number of carbonyl (C=O) groups excluding carboxylic acids is 1. The maximum atomic E-state index is 12.5. The third-order valence-corrected chi connectivity index (χ3v) is 5.79. The van der Waals surface area contributed by atoms with Gasteiger partial charge in [0, 0.05) is 22.1 Å². The number of unbranched alkanes of at least 4 members (excludes halogenated alkanes) is 1. The maximum Gasteiger partial charge on any atom is 0.191 e. The SMILES string of the molecule is CCCCn1c(SCC(=O)c2ccc(Br)cc2)nnc1-c1ccc(OC)cc1. The minimum Gasteiger partial charge on any atom is -0.497 e. The second kappa shape index (κ2) is 9.89. The Labute approximate surface area is 177 Å². The summed E-state index contributed by atoms with van der Waals surface area (Å²) in [5.41, 5.74) is 1.68. The molecule has 0 unspecified atom stereocenters. The van der Waals surface area contributed by atoms with Crippen LogP contribution in [0.3, 0.4) is 0 Å². The molecule has 0 fully saturated rings. The van der Waals surface area contributed by atoms with Crippen LogP contribution in [0.15, 0.2) is 58.2 Å². The van der Waals surface area contributed by atoms with Gasteiger partial charge in [-0.25, -0.2) is 0 Å². The van der Waals surface area contributed by atoms with Gasteiger partial charge < -0.3 is 9.30 Å². The summed E-state index contributed by atoms with van der Waals surface area (Å²) in [6, 6.07) is 15.2. The molecule has 0 spiro atoms. The zero-order valence-corrected chi connectivity index (χ0v) is 18.3. The molecule has 0 N–H and O–H groups in total. The molecule has 3 rings (SSSR count). The summed E-state index contributed by atoms with van der Waals surface area (Å²) in [4.78, 5) is 12.5. The molecule has 0 amide bonds. The van der Waals surface area contributed by atoms with E-state index in [2.05, 4.69) is 37.6 Å². The number of hydrogen-bond donors (Lipinski definition) is 0. The molecular formula is C21H22BrN3O2S. The quantitative estimate of drug-likeness (QED) is 0.312. The molecule has 0 atom stereocenters. The van der Waals surface area contributed by atoms with E-state index in [9.17, 15) is 4.79 Å². The van der Waals surface area contributed by atoms with Crippen LogP contribution in [0.5, 0.6) is 5.75 Å². The Morgan fingerprint density at radius 1 is 1.11 bits per heavy atom. The number of ketones is 1. The van der Waals surface area contributed by atoms with Gasteiger partial charge in [0.1, 0.15) is 5.75 Å². The fraction of sp³-hybridized carbons (Fsp3) is 0.286. The minimum atomic E-state index is 0.0774. The summed E-state index contributed by atoms with van der Waals surface area (Å²) in [7, 11) is 1.65. The lowest BCUT2D eigenvalue weighted by Crippen LogP contribution is -2.06. The maximum absolute atomic E-state index is 12.5. The van der Waals surface area contributed by atoms with E-state index in [0.717, 1.165) is 46.2 Å². The van der Waals surface area contributed by atoms with Crippen LogP contribution in [0.4, 0.5) is 0 Å². The molecule has 146 valence electrons. The molecule has 0 aliphatic carbocycles. The molecule has 0 aliphatic heterocycles. The van der Waals surface area contributed by atoms with Gasteiger partial charge in [-0.1, -0.05) is 53.2 Å². The molecule has 1 aromatic heterocycles. The largest absolute Gasteiger partial charge is 0.497 e. The Kier molecular flexibility index (Phi) is 7.28. The van der Waals surface area contributed by atoms with Crippen molar-refractivity contribution in [2.45, 2.75) is 31.5 Å². The first-order valence-corrected chi connectivity index (χ1v) is 10.9. The van der Waals surface area contributed by atoms with Gasteiger partial charge >= 0.3 is 0 Å². The van der Waals surface area contributed by atoms with E-state index in [1.54, 1.807) is 7.11 Å². The summed E-state index contributed by atoms with van der Waals surface area (Å²) >= 11 is 4.82. The van der Waals surface area contributed by atoms with E-state index in [1.165, 1.54) is 11.8 Å². The van der Waals surface area contributed by atoms with Gasteiger partial charge in [-0.15, -0.1) is 10.2 Å². The van der Waals surface area contributed by atoms with Crippen molar-refractivity contribution in [1.82, 2.24) is 14.8 Å². The Balaban J connectivity index is 1.79. The smallest absolute Gasteiger partial charge is 0.191 e. The van der Waals surface area contributed by atoms with E-state index in [1.807, 2.05) is 48.5 Å². The molecule has 2 aromatic carbocycles. The molecule has 3 aromatic rings. The lowest BCUT2D eigenvalue weighted by atomic mass is 10.2. The first-order valence-electron chi connectivity index (χ1n) is 9.11. The van der Waals surface area contributed by atoms with Gasteiger partial charge in [0.05, 0.1) is 12.9 Å². The van der Waals surface area contributed by atoms with Crippen molar-refractivity contribution >= 4 is 33.5 Å². The molecule has 0 saturated heterocycles. The number of aromatic nitrogens is 3. The highest BCUT2D eigenvalue weighted by molar-refractivity contribution is 9.10. The third kappa shape index (κ3) is 5.02. The second-order valence-electron chi connectivity index (χ2n) is 6.26. The van der Waals surface area contributed by atoms with E-state index in [-0.39, 0.29) is 5.78 Å². The fourth-order valence-corrected chi connectivity index (χ4v) is 3.84. The number of nitrogens with zero attached hydrogens (tertiary/aromatic N) is 3. The minimum absolute atomic E-state index is 0.0774. The highest BCUT2D eigenvalue weighted by Crippen LogP contribution is 2.26. The van der Waals surface area contributed by atoms with Crippen molar-refractivity contribution in [3.05, 3.63) is 58.6 Å². The molecule has 0 bridgehead atoms. The van der Waals surface area contributed by atoms with Crippen molar-refractivity contribution in [3.63, 3.8) is 0 Å². The van der Waals surface area contributed by atoms with Crippen LogP contribution >= 0.6 is 27.7 Å². The first-order chi connectivity index (χ1) is 13.6. The summed E-state index contributed by atoms with van der Waals surface area (Å²) in [6.07, 6.45) is 2.09. The number of Topliss-reactive ketones (excluding diaryl/α,β-unsaturated/α-hetero) is 1. The zero-order valence-electron chi connectivity index (χ0n) is 15.9. The monoisotopic (exact) mass is 459 g/mol. The second-order valence-corrected chi connectivity index (χ2v) is 8.12. The normalized spacial score (nSPS) is 10.8. The molecule has 0 aliphatic rings. The van der Waals surface area contributed by atoms with Crippen LogP contribution in [0, 0.1) is 0 Å². The van der Waals surface area contributed by atoms with Crippen LogP contribution in [0.25, 0.3) is 11.4 Å². The van der Waals surface area contributed by atoms with Gasteiger partial charge in [-0.3, -0.25) is 4.79 Å². The topological polar surface area (TPSA) is 57.0 Å². The Bertz CT molecular complexity index is 924. The van der Waals surface area contributed by atoms with Gasteiger partial charge in [0.25, 0.3) is 0 Å². The Morgan fingerprint density at radius 2 is 1.82 bits per heavy atom. The fourth-order valence-electron chi connectivity index (χ4n) is 2.72. The number of halogens is 1. The number of rotatable bonds is 9. The number of ether oxygens (including phenoxy) is 1. The number of carbonyl (C=O) groups is 1. The van der Waals surface area contributed by atoms with E-state index in [0.29, 0.717) is 11.3 Å². The van der Waals surface area contributed by atoms with Crippen molar-refractivity contribution in [1.29, 1.82) is 0 Å². The average Bonchev–Trinajstić information content (AvgIpc) is 3.13. The van der Waals surface area contributed by atoms with Crippen LogP contribution in [0.2, 0.25) is 0 Å². The van der Waals surface area contributed by atoms with Crippen LogP contribution in [0.1, 0.15) is 30.1 Å². The first kappa shape index (κ1) is 20.6. The highest BCUT2D eigenvalue weighted by Gasteiger charge is 2.16. The Morgan fingerprint density at radius 3 is 2.46 bits per heavy atom. The lowest BCUT2D eigenvalue weighted by molar-refractivity contribution is 0.102. The summed E-state index contributed by atoms with van der Waals surface area (Å²) in [6.45, 7) is 2.97. The molecule has 0 radical (unpaired) electrons. The van der Waals surface area contributed by atoms with Gasteiger partial charge in [0.2, 0.25) is 0 Å². The number of benzene rings is 2. The average molecular weight is 460 g/mol. The number of hydrogen-bond acceptors (Lipinski definition) is 5. The molecule has 1 heterocycles. The number of thioether (sulfide) groups is 1. The van der Waals surface area contributed by atoms with Crippen molar-refractivity contribution in [3.8, 4) is 17.1 Å². The van der Waals surface area contributed by atoms with Crippen molar-refractivity contribution < 1.29 is 9.53 Å². The molecule has 5 nitrogen and oxygen atoms in total. The molecule has 7 heteroatoms. The Hall–Kier alpha value is -2.12. The van der Waals surface area contributed by atoms with Gasteiger partial charge in [-0.05, 0) is 42.8 Å². The van der Waals surface area contributed by atoms with Crippen LogP contribution < -0.4 is 4.74 Å². The van der Waals surface area contributed by atoms with Gasteiger partial charge in [-0.2, -0.15) is 0 Å². The summed E-state index contributed by atoms with van der Waals surface area (Å²) < 4.78 is 8.29. The zero-order chi connectivity index (χ0) is 19.9. The van der Waals surface area contributed by atoms with E-state index >= 15 is 0 Å². The van der Waals surface area contributed by atoms with Gasteiger partial charge in [0.15, 0.2) is 16.8 Å². The predicted octanol–water partition coefficient (Wildman–Crippen LogP) is 5.49. The molecular weight excluding hydrogens is 438 g/mol. The summed E-state index contributed by atoms with van der Waals surface area (Å²) in [5.74, 6) is 2.02. The predicted molar refractivity (Wildman–Crippen MR) is 116 cm³/mol. The standard InChI is InChI=1S/C21H22BrN3O2S/c1-3-4-13-25-20(16-7-11-18(27-2)12-8-16)23-24-21(25)28-14-19(26)15-5-9-17(22)10-6-15/h5-12H,3-4,13-14H2,1-2H3. The molecule has 0 saturated carbocycles. The highest BCUT2D eigenvalue weighted by atomic mass is 79.9. The third-order valence-electron chi connectivity index (χ3n) is 4.30. The summed E-state index contributed by atoms with van der Waals surface area (Å²) in [5, 5.41) is 9.51. The van der Waals surface area contributed by atoms with Crippen LogP contribution in [-0.2, 0) is 6.54 Å². The van der Waals surface area contributed by atoms with E-state index < -0.39 is 0 Å². The lowest BCUT2D eigenvalue weighted by Gasteiger charge is -2.10. The van der Waals surface area contributed by atoms with E-state index in [4.69, 9.17) is 4.74 Å².